The molecular weight excluding hydrogens is 294 g/mol. The van der Waals surface area contributed by atoms with E-state index in [9.17, 15) is 13.2 Å². The molecule has 2 aliphatic heterocycles. The van der Waals surface area contributed by atoms with Crippen molar-refractivity contribution >= 4 is 15.9 Å². The second-order valence-corrected chi connectivity index (χ2v) is 7.78. The zero-order valence-electron chi connectivity index (χ0n) is 12.0. The summed E-state index contributed by atoms with van der Waals surface area (Å²) in [4.78, 5) is 14.1. The Morgan fingerprint density at radius 3 is 2.67 bits per heavy atom. The fraction of sp³-hybridized carbons (Fsp3) is 0.692. The van der Waals surface area contributed by atoms with Crippen LogP contribution in [0.3, 0.4) is 0 Å². The number of amides is 1. The summed E-state index contributed by atoms with van der Waals surface area (Å²) in [5, 5.41) is 3.55. The average Bonchev–Trinajstić information content (AvgIpc) is 3.07. The Hall–Kier alpha value is -1.41. The Kier molecular flexibility index (Phi) is 3.53. The highest BCUT2D eigenvalue weighted by Gasteiger charge is 2.48. The zero-order chi connectivity index (χ0) is 15.1. The number of hydrogen-bond acceptors (Lipinski definition) is 5. The van der Waals surface area contributed by atoms with Crippen molar-refractivity contribution in [2.24, 2.45) is 0 Å². The highest BCUT2D eigenvalue weighted by Crippen LogP contribution is 2.39. The van der Waals surface area contributed by atoms with E-state index in [0.29, 0.717) is 19.6 Å². The van der Waals surface area contributed by atoms with Crippen LogP contribution in [0.2, 0.25) is 0 Å². The van der Waals surface area contributed by atoms with Gasteiger partial charge in [0.1, 0.15) is 0 Å². The molecule has 116 valence electrons. The van der Waals surface area contributed by atoms with Gasteiger partial charge in [0.15, 0.2) is 0 Å². The van der Waals surface area contributed by atoms with E-state index in [1.165, 1.54) is 18.5 Å². The molecule has 1 aromatic heterocycles. The van der Waals surface area contributed by atoms with Gasteiger partial charge in [-0.25, -0.2) is 8.42 Å². The van der Waals surface area contributed by atoms with Gasteiger partial charge in [0, 0.05) is 25.7 Å². The fourth-order valence-corrected chi connectivity index (χ4v) is 5.01. The van der Waals surface area contributed by atoms with E-state index in [1.54, 1.807) is 9.21 Å². The number of carbonyl (C=O) groups excluding carboxylic acids is 1. The first-order chi connectivity index (χ1) is 9.92. The van der Waals surface area contributed by atoms with Crippen LogP contribution in [0.25, 0.3) is 0 Å². The second-order valence-electron chi connectivity index (χ2n) is 5.87. The lowest BCUT2D eigenvalue weighted by Crippen LogP contribution is -2.58. The molecule has 1 spiro atoms. The molecule has 2 fully saturated rings. The third-order valence-corrected chi connectivity index (χ3v) is 5.79. The molecule has 0 aliphatic carbocycles. The molecule has 0 aromatic carbocycles. The van der Waals surface area contributed by atoms with Gasteiger partial charge in [-0.3, -0.25) is 4.79 Å². The quantitative estimate of drug-likeness (QED) is 0.802. The maximum Gasteiger partial charge on any atom is 0.292 e. The summed E-state index contributed by atoms with van der Waals surface area (Å²) in [6.45, 7) is 1.60. The van der Waals surface area contributed by atoms with Gasteiger partial charge in [-0.1, -0.05) is 5.16 Å². The minimum atomic E-state index is -3.25. The molecule has 0 N–H and O–H groups in total. The van der Waals surface area contributed by atoms with Crippen molar-refractivity contribution in [3.8, 4) is 0 Å². The Balaban J connectivity index is 1.84. The first kappa shape index (κ1) is 14.5. The second kappa shape index (κ2) is 5.10. The average molecular weight is 313 g/mol. The normalized spacial score (nSPS) is 27.4. The number of sulfonamides is 1. The van der Waals surface area contributed by atoms with E-state index in [1.807, 2.05) is 0 Å². The maximum absolute atomic E-state index is 12.4. The van der Waals surface area contributed by atoms with E-state index in [0.717, 1.165) is 25.7 Å². The van der Waals surface area contributed by atoms with Crippen LogP contribution in [0.15, 0.2) is 16.8 Å². The lowest BCUT2D eigenvalue weighted by molar-refractivity contribution is 0.0488. The molecule has 0 saturated carbocycles. The predicted octanol–water partition coefficient (Wildman–Crippen LogP) is 0.705. The number of rotatable bonds is 2. The summed E-state index contributed by atoms with van der Waals surface area (Å²) in [5.74, 6) is -0.0112. The third kappa shape index (κ3) is 2.57. The number of nitrogens with zero attached hydrogens (tertiary/aromatic N) is 3. The number of carbonyl (C=O) groups is 1. The van der Waals surface area contributed by atoms with Gasteiger partial charge in [0.05, 0.1) is 18.0 Å². The molecule has 21 heavy (non-hydrogen) atoms. The number of piperidine rings is 1. The van der Waals surface area contributed by atoms with E-state index in [4.69, 9.17) is 4.52 Å². The molecule has 3 heterocycles. The van der Waals surface area contributed by atoms with Gasteiger partial charge in [-0.2, -0.15) is 4.31 Å². The minimum Gasteiger partial charge on any atom is -0.351 e. The summed E-state index contributed by atoms with van der Waals surface area (Å²) in [5.41, 5.74) is -0.443. The summed E-state index contributed by atoms with van der Waals surface area (Å²) in [6.07, 6.45) is 5.94. The van der Waals surface area contributed by atoms with Crippen LogP contribution in [0.1, 0.15) is 36.2 Å². The molecule has 2 aliphatic rings. The van der Waals surface area contributed by atoms with Crippen LogP contribution < -0.4 is 0 Å². The van der Waals surface area contributed by atoms with Gasteiger partial charge in [0.25, 0.3) is 5.91 Å². The van der Waals surface area contributed by atoms with Crippen molar-refractivity contribution in [1.82, 2.24) is 14.4 Å². The molecule has 0 bridgehead atoms. The highest BCUT2D eigenvalue weighted by molar-refractivity contribution is 7.88. The lowest BCUT2D eigenvalue weighted by atomic mass is 9.87. The standard InChI is InChI=1S/C13H19N3O4S/c1-21(18,19)16-9-3-6-13(16)5-2-8-15(10-13)12(17)11-4-7-14-20-11/h4,7H,2-3,5-6,8-10H2,1H3/t13-/m0/s1. The van der Waals surface area contributed by atoms with E-state index in [2.05, 4.69) is 5.16 Å². The highest BCUT2D eigenvalue weighted by atomic mass is 32.2. The van der Waals surface area contributed by atoms with Crippen LogP contribution in [0, 0.1) is 0 Å². The monoisotopic (exact) mass is 313 g/mol. The van der Waals surface area contributed by atoms with Crippen molar-refractivity contribution in [2.45, 2.75) is 31.2 Å². The molecule has 3 rings (SSSR count). The van der Waals surface area contributed by atoms with Crippen molar-refractivity contribution in [1.29, 1.82) is 0 Å². The molecule has 7 nitrogen and oxygen atoms in total. The summed E-state index contributed by atoms with van der Waals surface area (Å²) < 4.78 is 30.5. The van der Waals surface area contributed by atoms with Gasteiger partial charge in [-0.05, 0) is 25.7 Å². The van der Waals surface area contributed by atoms with Crippen molar-refractivity contribution in [3.05, 3.63) is 18.0 Å². The fourth-order valence-electron chi connectivity index (χ4n) is 3.61. The first-order valence-electron chi connectivity index (χ1n) is 7.10. The minimum absolute atomic E-state index is 0.205. The maximum atomic E-state index is 12.4. The first-order valence-corrected chi connectivity index (χ1v) is 8.95. The topological polar surface area (TPSA) is 83.7 Å². The van der Waals surface area contributed by atoms with Gasteiger partial charge < -0.3 is 9.42 Å². The number of aromatic nitrogens is 1. The van der Waals surface area contributed by atoms with Crippen LogP contribution in [0.5, 0.6) is 0 Å². The van der Waals surface area contributed by atoms with Crippen LogP contribution >= 0.6 is 0 Å². The molecular formula is C13H19N3O4S. The number of likely N-dealkylation sites (tertiary alicyclic amines) is 1. The Bertz CT molecular complexity index is 628. The molecule has 2 saturated heterocycles. The van der Waals surface area contributed by atoms with Gasteiger partial charge in [-0.15, -0.1) is 0 Å². The molecule has 1 atom stereocenters. The van der Waals surface area contributed by atoms with E-state index >= 15 is 0 Å². The van der Waals surface area contributed by atoms with Gasteiger partial charge >= 0.3 is 0 Å². The number of hydrogen-bond donors (Lipinski definition) is 0. The van der Waals surface area contributed by atoms with Crippen molar-refractivity contribution < 1.29 is 17.7 Å². The molecule has 1 aromatic rings. The Morgan fingerprint density at radius 2 is 2.05 bits per heavy atom. The zero-order valence-corrected chi connectivity index (χ0v) is 12.8. The van der Waals surface area contributed by atoms with Crippen LogP contribution in [-0.2, 0) is 10.0 Å². The third-order valence-electron chi connectivity index (χ3n) is 4.42. The van der Waals surface area contributed by atoms with E-state index < -0.39 is 15.6 Å². The largest absolute Gasteiger partial charge is 0.351 e. The summed E-state index contributed by atoms with van der Waals surface area (Å²) in [7, 11) is -3.25. The van der Waals surface area contributed by atoms with Gasteiger partial charge in [0.2, 0.25) is 15.8 Å². The molecule has 1 amide bonds. The van der Waals surface area contributed by atoms with Crippen LogP contribution in [0.4, 0.5) is 0 Å². The summed E-state index contributed by atoms with van der Waals surface area (Å²) in [6, 6.07) is 1.53. The predicted molar refractivity (Wildman–Crippen MR) is 75.2 cm³/mol. The molecule has 0 radical (unpaired) electrons. The Labute approximate surface area is 123 Å². The molecule has 8 heteroatoms. The van der Waals surface area contributed by atoms with E-state index in [-0.39, 0.29) is 11.7 Å². The van der Waals surface area contributed by atoms with Crippen molar-refractivity contribution in [3.63, 3.8) is 0 Å². The Morgan fingerprint density at radius 1 is 1.33 bits per heavy atom. The SMILES string of the molecule is CS(=O)(=O)N1CCC[C@]12CCCN(C(=O)c1ccno1)C2. The summed E-state index contributed by atoms with van der Waals surface area (Å²) >= 11 is 0. The van der Waals surface area contributed by atoms with Crippen molar-refractivity contribution in [2.75, 3.05) is 25.9 Å². The smallest absolute Gasteiger partial charge is 0.292 e. The van der Waals surface area contributed by atoms with Crippen LogP contribution in [-0.4, -0.2) is 60.1 Å². The lowest BCUT2D eigenvalue weighted by Gasteiger charge is -2.44. The molecule has 0 unspecified atom stereocenters.